The van der Waals surface area contributed by atoms with Crippen molar-refractivity contribution in [3.63, 3.8) is 0 Å². The topological polar surface area (TPSA) is 41.3 Å². The van der Waals surface area contributed by atoms with E-state index >= 15 is 0 Å². The number of benzene rings is 2. The Morgan fingerprint density at radius 2 is 1.56 bits per heavy atom. The Balaban J connectivity index is 2.05. The summed E-state index contributed by atoms with van der Waals surface area (Å²) >= 11 is 3.54. The molecule has 0 saturated carbocycles. The monoisotopic (exact) mass is 431 g/mol. The van der Waals surface area contributed by atoms with Crippen LogP contribution in [0.5, 0.6) is 11.5 Å². The van der Waals surface area contributed by atoms with Gasteiger partial charge in [-0.2, -0.15) is 0 Å². The first-order valence-electron chi connectivity index (χ1n) is 8.73. The maximum atomic E-state index is 7.00. The van der Waals surface area contributed by atoms with Crippen LogP contribution in [-0.4, -0.2) is 19.5 Å². The van der Waals surface area contributed by atoms with Crippen LogP contribution in [-0.2, 0) is 20.6 Å². The SMILES string of the molecule is [C-]#[N+]c1ccc(Oc2ccc(Br)c(COB(OC(C)C)OC(C)C)c2)cc1. The molecule has 0 aliphatic heterocycles. The van der Waals surface area contributed by atoms with Crippen LogP contribution >= 0.6 is 15.9 Å². The smallest absolute Gasteiger partial charge is 0.457 e. The van der Waals surface area contributed by atoms with E-state index in [1.54, 1.807) is 24.3 Å². The molecule has 0 atom stereocenters. The Bertz CT molecular complexity index is 765. The van der Waals surface area contributed by atoms with Gasteiger partial charge in [0.1, 0.15) is 11.5 Å². The van der Waals surface area contributed by atoms with E-state index in [4.69, 9.17) is 25.3 Å². The Morgan fingerprint density at radius 3 is 2.11 bits per heavy atom. The zero-order valence-corrected chi connectivity index (χ0v) is 17.5. The summed E-state index contributed by atoms with van der Waals surface area (Å²) in [4.78, 5) is 3.37. The number of hydrogen-bond donors (Lipinski definition) is 0. The fourth-order valence-corrected chi connectivity index (χ4v) is 2.52. The Morgan fingerprint density at radius 1 is 0.963 bits per heavy atom. The van der Waals surface area contributed by atoms with Gasteiger partial charge < -0.3 is 18.7 Å². The normalized spacial score (nSPS) is 10.9. The van der Waals surface area contributed by atoms with E-state index in [1.807, 2.05) is 45.9 Å². The summed E-state index contributed by atoms with van der Waals surface area (Å²) in [5.41, 5.74) is 1.49. The average molecular weight is 432 g/mol. The van der Waals surface area contributed by atoms with Gasteiger partial charge in [-0.25, -0.2) is 4.85 Å². The van der Waals surface area contributed by atoms with Gasteiger partial charge >= 0.3 is 7.32 Å². The average Bonchev–Trinajstić information content (AvgIpc) is 2.61. The van der Waals surface area contributed by atoms with Crippen molar-refractivity contribution in [1.82, 2.24) is 0 Å². The lowest BCUT2D eigenvalue weighted by atomic mass is 10.1. The predicted octanol–water partition coefficient (Wildman–Crippen LogP) is 6.14. The zero-order valence-electron chi connectivity index (χ0n) is 15.9. The summed E-state index contributed by atoms with van der Waals surface area (Å²) in [5.74, 6) is 1.35. The largest absolute Gasteiger partial charge is 0.640 e. The van der Waals surface area contributed by atoms with E-state index < -0.39 is 7.32 Å². The van der Waals surface area contributed by atoms with Gasteiger partial charge in [0.15, 0.2) is 5.69 Å². The van der Waals surface area contributed by atoms with Crippen LogP contribution < -0.4 is 4.74 Å². The van der Waals surface area contributed by atoms with Gasteiger partial charge in [-0.05, 0) is 63.6 Å². The molecule has 0 aliphatic rings. The van der Waals surface area contributed by atoms with Crippen LogP contribution in [0.3, 0.4) is 0 Å². The van der Waals surface area contributed by atoms with Crippen LogP contribution in [0.4, 0.5) is 5.69 Å². The second-order valence-corrected chi connectivity index (χ2v) is 7.28. The molecule has 0 radical (unpaired) electrons. The lowest BCUT2D eigenvalue weighted by molar-refractivity contribution is 0.0459. The van der Waals surface area contributed by atoms with Crippen LogP contribution in [0, 0.1) is 6.57 Å². The molecule has 5 nitrogen and oxygen atoms in total. The molecule has 7 heteroatoms. The zero-order chi connectivity index (χ0) is 19.8. The van der Waals surface area contributed by atoms with E-state index in [2.05, 4.69) is 20.8 Å². The molecule has 0 saturated heterocycles. The first kappa shape index (κ1) is 21.5. The number of halogens is 1. The summed E-state index contributed by atoms with van der Waals surface area (Å²) in [7, 11) is -0.734. The molecule has 0 bridgehead atoms. The third kappa shape index (κ3) is 7.35. The van der Waals surface area contributed by atoms with Gasteiger partial charge in [0.25, 0.3) is 0 Å². The number of nitrogens with zero attached hydrogens (tertiary/aromatic N) is 1. The molecule has 0 heterocycles. The Labute approximate surface area is 169 Å². The van der Waals surface area contributed by atoms with Crippen molar-refractivity contribution >= 4 is 28.9 Å². The lowest BCUT2D eigenvalue weighted by Crippen LogP contribution is -2.32. The summed E-state index contributed by atoms with van der Waals surface area (Å²) in [5, 5.41) is 0. The predicted molar refractivity (Wildman–Crippen MR) is 110 cm³/mol. The molecule has 2 aromatic carbocycles. The fraction of sp³-hybridized carbons (Fsp3) is 0.350. The van der Waals surface area contributed by atoms with Crippen molar-refractivity contribution in [3.05, 3.63) is 63.9 Å². The highest BCUT2D eigenvalue weighted by atomic mass is 79.9. The molecule has 0 amide bonds. The van der Waals surface area contributed by atoms with Crippen molar-refractivity contribution in [2.45, 2.75) is 46.5 Å². The summed E-state index contributed by atoms with van der Waals surface area (Å²) < 4.78 is 23.9. The highest BCUT2D eigenvalue weighted by Gasteiger charge is 2.25. The molecule has 0 aromatic heterocycles. The van der Waals surface area contributed by atoms with Crippen LogP contribution in [0.1, 0.15) is 33.3 Å². The van der Waals surface area contributed by atoms with Crippen LogP contribution in [0.25, 0.3) is 4.85 Å². The highest BCUT2D eigenvalue weighted by molar-refractivity contribution is 9.10. The van der Waals surface area contributed by atoms with Crippen LogP contribution in [0.15, 0.2) is 46.9 Å². The maximum absolute atomic E-state index is 7.00. The van der Waals surface area contributed by atoms with E-state index in [1.165, 1.54) is 0 Å². The summed E-state index contributed by atoms with van der Waals surface area (Å²) in [6.45, 7) is 15.0. The van der Waals surface area contributed by atoms with Gasteiger partial charge in [0.05, 0.1) is 13.2 Å². The molecule has 142 valence electrons. The molecule has 0 spiro atoms. The molecular weight excluding hydrogens is 409 g/mol. The molecule has 0 unspecified atom stereocenters. The standard InChI is InChI=1S/C20H23BBrNO4/c1-14(2)26-21(27-15(3)4)24-13-16-12-19(10-11-20(16)22)25-18-8-6-17(23-5)7-9-18/h6-12,14-15H,13H2,1-4H3. The van der Waals surface area contributed by atoms with Gasteiger partial charge in [0, 0.05) is 16.7 Å². The molecule has 2 rings (SSSR count). The van der Waals surface area contributed by atoms with Crippen molar-refractivity contribution in [2.75, 3.05) is 0 Å². The molecular formula is C20H23BBrNO4. The van der Waals surface area contributed by atoms with Gasteiger partial charge in [0.2, 0.25) is 0 Å². The molecule has 0 N–H and O–H groups in total. The first-order valence-corrected chi connectivity index (χ1v) is 9.53. The second-order valence-electron chi connectivity index (χ2n) is 6.43. The van der Waals surface area contributed by atoms with Crippen molar-refractivity contribution in [1.29, 1.82) is 0 Å². The highest BCUT2D eigenvalue weighted by Crippen LogP contribution is 2.28. The quantitative estimate of drug-likeness (QED) is 0.353. The van der Waals surface area contributed by atoms with Crippen LogP contribution in [0.2, 0.25) is 0 Å². The minimum absolute atomic E-state index is 0.00899. The molecule has 0 fully saturated rings. The third-order valence-electron chi connectivity index (χ3n) is 3.36. The Hall–Kier alpha value is -1.85. The van der Waals surface area contributed by atoms with Gasteiger partial charge in [-0.3, -0.25) is 0 Å². The lowest BCUT2D eigenvalue weighted by Gasteiger charge is -2.19. The maximum Gasteiger partial charge on any atom is 0.640 e. The number of rotatable bonds is 9. The van der Waals surface area contributed by atoms with Crippen molar-refractivity contribution < 1.29 is 18.7 Å². The molecule has 2 aromatic rings. The first-order chi connectivity index (χ1) is 12.9. The second kappa shape index (κ2) is 10.5. The molecule has 0 aliphatic carbocycles. The Kier molecular flexibility index (Phi) is 8.33. The summed E-state index contributed by atoms with van der Waals surface area (Å²) in [6, 6.07) is 12.7. The van der Waals surface area contributed by atoms with Gasteiger partial charge in [-0.15, -0.1) is 0 Å². The van der Waals surface area contributed by atoms with Crippen molar-refractivity contribution in [2.24, 2.45) is 0 Å². The van der Waals surface area contributed by atoms with Crippen molar-refractivity contribution in [3.8, 4) is 11.5 Å². The van der Waals surface area contributed by atoms with E-state index in [9.17, 15) is 0 Å². The van der Waals surface area contributed by atoms with Gasteiger partial charge in [-0.1, -0.05) is 28.1 Å². The fourth-order valence-electron chi connectivity index (χ4n) is 2.16. The molecule has 27 heavy (non-hydrogen) atoms. The summed E-state index contributed by atoms with van der Waals surface area (Å²) in [6.07, 6.45) is -0.0180. The third-order valence-corrected chi connectivity index (χ3v) is 4.13. The minimum Gasteiger partial charge on any atom is -0.457 e. The minimum atomic E-state index is -0.734. The van der Waals surface area contributed by atoms with E-state index in [0.717, 1.165) is 10.0 Å². The number of hydrogen-bond acceptors (Lipinski definition) is 4. The number of ether oxygens (including phenoxy) is 1. The van der Waals surface area contributed by atoms with E-state index in [-0.39, 0.29) is 12.2 Å². The van der Waals surface area contributed by atoms with E-state index in [0.29, 0.717) is 23.8 Å².